The monoisotopic (exact) mass is 362 g/mol. The van der Waals surface area contributed by atoms with E-state index in [9.17, 15) is 9.59 Å². The average Bonchev–Trinajstić information content (AvgIpc) is 3.00. The van der Waals surface area contributed by atoms with Crippen molar-refractivity contribution in [2.45, 2.75) is 45.4 Å². The van der Waals surface area contributed by atoms with Crippen LogP contribution in [0.3, 0.4) is 0 Å². The fourth-order valence-electron chi connectivity index (χ4n) is 2.13. The first-order valence-corrected chi connectivity index (χ1v) is 9.01. The predicted octanol–water partition coefficient (Wildman–Crippen LogP) is 3.07. The molecule has 0 spiro atoms. The fourth-order valence-corrected chi connectivity index (χ4v) is 2.70. The first-order valence-electron chi connectivity index (χ1n) is 8.02. The number of aromatic nitrogens is 2. The average molecular weight is 362 g/mol. The van der Waals surface area contributed by atoms with E-state index >= 15 is 0 Å². The van der Waals surface area contributed by atoms with Crippen molar-refractivity contribution < 1.29 is 14.0 Å². The van der Waals surface area contributed by atoms with Gasteiger partial charge >= 0.3 is 6.03 Å². The smallest absolute Gasteiger partial charge is 0.321 e. The van der Waals surface area contributed by atoms with Crippen molar-refractivity contribution in [1.29, 1.82) is 0 Å². The molecule has 2 N–H and O–H groups in total. The van der Waals surface area contributed by atoms with E-state index in [1.54, 1.807) is 0 Å². The van der Waals surface area contributed by atoms with E-state index in [-0.39, 0.29) is 17.0 Å². The van der Waals surface area contributed by atoms with Gasteiger partial charge in [0, 0.05) is 11.6 Å². The lowest BCUT2D eigenvalue weighted by Crippen LogP contribution is -2.43. The third-order valence-corrected chi connectivity index (χ3v) is 4.26. The maximum atomic E-state index is 11.8. The second-order valence-corrected chi connectivity index (χ2v) is 6.80. The molecular formula is C17H22N4O3S. The lowest BCUT2D eigenvalue weighted by Gasteiger charge is -2.11. The van der Waals surface area contributed by atoms with Crippen LogP contribution in [0.5, 0.6) is 0 Å². The van der Waals surface area contributed by atoms with Gasteiger partial charge in [-0.2, -0.15) is 0 Å². The van der Waals surface area contributed by atoms with Crippen LogP contribution >= 0.6 is 11.8 Å². The van der Waals surface area contributed by atoms with E-state index < -0.39 is 11.9 Å². The minimum Gasteiger partial charge on any atom is -0.411 e. The maximum absolute atomic E-state index is 11.8. The van der Waals surface area contributed by atoms with Crippen LogP contribution in [0.15, 0.2) is 27.8 Å². The van der Waals surface area contributed by atoms with Crippen molar-refractivity contribution in [3.05, 3.63) is 29.3 Å². The zero-order chi connectivity index (χ0) is 18.4. The lowest BCUT2D eigenvalue weighted by atomic mass is 10.1. The van der Waals surface area contributed by atoms with Crippen molar-refractivity contribution in [1.82, 2.24) is 20.8 Å². The van der Waals surface area contributed by atoms with Crippen LogP contribution in [0.4, 0.5) is 4.79 Å². The highest BCUT2D eigenvalue weighted by molar-refractivity contribution is 7.99. The Labute approximate surface area is 151 Å². The summed E-state index contributed by atoms with van der Waals surface area (Å²) in [4.78, 5) is 23.4. The van der Waals surface area contributed by atoms with Gasteiger partial charge in [-0.15, -0.1) is 10.2 Å². The van der Waals surface area contributed by atoms with Crippen molar-refractivity contribution in [3.63, 3.8) is 0 Å². The minimum atomic E-state index is -0.499. The van der Waals surface area contributed by atoms with Crippen LogP contribution in [0.2, 0.25) is 0 Å². The van der Waals surface area contributed by atoms with Crippen molar-refractivity contribution >= 4 is 23.7 Å². The molecule has 8 heteroatoms. The first-order chi connectivity index (χ1) is 11.9. The van der Waals surface area contributed by atoms with Crippen LogP contribution in [0, 0.1) is 13.8 Å². The summed E-state index contributed by atoms with van der Waals surface area (Å²) in [6.45, 7) is 7.81. The number of benzene rings is 1. The van der Waals surface area contributed by atoms with E-state index in [4.69, 9.17) is 4.42 Å². The number of carbonyl (C=O) groups is 2. The summed E-state index contributed by atoms with van der Waals surface area (Å²) in [6.07, 6.45) is 0.791. The van der Waals surface area contributed by atoms with Crippen molar-refractivity contribution in [2.24, 2.45) is 0 Å². The lowest BCUT2D eigenvalue weighted by molar-refractivity contribution is -0.117. The molecule has 1 heterocycles. The number of imide groups is 1. The first kappa shape index (κ1) is 19.0. The highest BCUT2D eigenvalue weighted by Gasteiger charge is 2.14. The van der Waals surface area contributed by atoms with E-state index in [1.807, 2.05) is 39.8 Å². The highest BCUT2D eigenvalue weighted by Crippen LogP contribution is 2.24. The number of nitrogens with one attached hydrogen (secondary N) is 2. The summed E-state index contributed by atoms with van der Waals surface area (Å²) >= 11 is 1.09. The van der Waals surface area contributed by atoms with Gasteiger partial charge < -0.3 is 9.73 Å². The van der Waals surface area contributed by atoms with Gasteiger partial charge in [0.1, 0.15) is 0 Å². The summed E-state index contributed by atoms with van der Waals surface area (Å²) in [5, 5.41) is 13.2. The summed E-state index contributed by atoms with van der Waals surface area (Å²) in [6, 6.07) is 5.49. The largest absolute Gasteiger partial charge is 0.411 e. The van der Waals surface area contributed by atoms with Gasteiger partial charge in [0.25, 0.3) is 5.22 Å². The van der Waals surface area contributed by atoms with Crippen molar-refractivity contribution in [2.75, 3.05) is 5.75 Å². The second kappa shape index (κ2) is 8.66. The molecule has 1 aromatic heterocycles. The SMILES string of the molecule is CC[C@H](C)NC(=O)NC(=O)CSc1nnc(-c2cc(C)cc(C)c2)o1. The molecule has 0 saturated carbocycles. The van der Waals surface area contributed by atoms with Crippen molar-refractivity contribution in [3.8, 4) is 11.5 Å². The standard InChI is InChI=1S/C17H22N4O3S/c1-5-12(4)18-16(23)19-14(22)9-25-17-21-20-15(24-17)13-7-10(2)6-11(3)8-13/h6-8,12H,5,9H2,1-4H3,(H2,18,19,22,23)/t12-/m0/s1. The number of rotatable bonds is 6. The molecule has 0 bridgehead atoms. The summed E-state index contributed by atoms with van der Waals surface area (Å²) in [7, 11) is 0. The van der Waals surface area contributed by atoms with Gasteiger partial charge in [0.15, 0.2) is 0 Å². The molecule has 0 aliphatic carbocycles. The number of amides is 3. The molecule has 7 nitrogen and oxygen atoms in total. The molecule has 0 saturated heterocycles. The maximum Gasteiger partial charge on any atom is 0.321 e. The van der Waals surface area contributed by atoms with Crippen LogP contribution < -0.4 is 10.6 Å². The summed E-state index contributed by atoms with van der Waals surface area (Å²) < 4.78 is 5.58. The van der Waals surface area contributed by atoms with Gasteiger partial charge in [0.05, 0.1) is 5.75 Å². The van der Waals surface area contributed by atoms with Gasteiger partial charge in [-0.25, -0.2) is 4.79 Å². The van der Waals surface area contributed by atoms with Gasteiger partial charge in [-0.05, 0) is 39.3 Å². The molecule has 0 unspecified atom stereocenters. The van der Waals surface area contributed by atoms with Gasteiger partial charge in [0.2, 0.25) is 11.8 Å². The van der Waals surface area contributed by atoms with Crippen LogP contribution in [0.1, 0.15) is 31.4 Å². The molecule has 0 aliphatic heterocycles. The highest BCUT2D eigenvalue weighted by atomic mass is 32.2. The molecule has 134 valence electrons. The number of urea groups is 1. The third-order valence-electron chi connectivity index (χ3n) is 3.44. The number of nitrogens with zero attached hydrogens (tertiary/aromatic N) is 2. The van der Waals surface area contributed by atoms with Crippen LogP contribution in [-0.2, 0) is 4.79 Å². The number of hydrogen-bond donors (Lipinski definition) is 2. The number of thioether (sulfide) groups is 1. The molecule has 2 rings (SSSR count). The molecule has 0 radical (unpaired) electrons. The Hall–Kier alpha value is -2.35. The van der Waals surface area contributed by atoms with Gasteiger partial charge in [-0.1, -0.05) is 35.9 Å². The third kappa shape index (κ3) is 5.90. The number of aryl methyl sites for hydroxylation is 2. The number of carbonyl (C=O) groups excluding carboxylic acids is 2. The Morgan fingerprint density at radius 1 is 1.20 bits per heavy atom. The van der Waals surface area contributed by atoms with Crippen LogP contribution in [-0.4, -0.2) is 33.9 Å². The molecule has 25 heavy (non-hydrogen) atoms. The Morgan fingerprint density at radius 3 is 2.52 bits per heavy atom. The van der Waals surface area contributed by atoms with E-state index in [2.05, 4.69) is 26.9 Å². The normalized spacial score (nSPS) is 11.8. The topological polar surface area (TPSA) is 97.1 Å². The second-order valence-electron chi connectivity index (χ2n) is 5.87. The molecule has 2 aromatic rings. The van der Waals surface area contributed by atoms with E-state index in [0.717, 1.165) is 34.9 Å². The number of hydrogen-bond acceptors (Lipinski definition) is 6. The van der Waals surface area contributed by atoms with Crippen LogP contribution in [0.25, 0.3) is 11.5 Å². The van der Waals surface area contributed by atoms with Gasteiger partial charge in [-0.3, -0.25) is 10.1 Å². The fraction of sp³-hybridized carbons (Fsp3) is 0.412. The minimum absolute atomic E-state index is 0.0109. The molecule has 1 atom stereocenters. The molecule has 1 aromatic carbocycles. The Kier molecular flexibility index (Phi) is 6.58. The Morgan fingerprint density at radius 2 is 1.88 bits per heavy atom. The Balaban J connectivity index is 1.89. The summed E-state index contributed by atoms with van der Waals surface area (Å²) in [5.74, 6) is 0.00347. The molecule has 0 aliphatic rings. The Bertz CT molecular complexity index is 740. The predicted molar refractivity (Wildman–Crippen MR) is 96.4 cm³/mol. The van der Waals surface area contributed by atoms with E-state index in [0.29, 0.717) is 5.89 Å². The molecule has 3 amide bonds. The molecule has 0 fully saturated rings. The zero-order valence-corrected chi connectivity index (χ0v) is 15.6. The van der Waals surface area contributed by atoms with E-state index in [1.165, 1.54) is 0 Å². The quantitative estimate of drug-likeness (QED) is 0.767. The molecular weight excluding hydrogens is 340 g/mol. The summed E-state index contributed by atoms with van der Waals surface area (Å²) in [5.41, 5.74) is 3.05. The zero-order valence-electron chi connectivity index (χ0n) is 14.8.